The third-order valence-corrected chi connectivity index (χ3v) is 1.47. The molecule has 0 aromatic carbocycles. The Bertz CT molecular complexity index is 283. The summed E-state index contributed by atoms with van der Waals surface area (Å²) in [5.41, 5.74) is 5.18. The first-order valence-electron chi connectivity index (χ1n) is 4.11. The number of hydrogen-bond donors (Lipinski definition) is 2. The van der Waals surface area contributed by atoms with Crippen LogP contribution in [0.1, 0.15) is 23.8 Å². The monoisotopic (exact) mass is 180 g/mol. The third kappa shape index (κ3) is 2.70. The lowest BCUT2D eigenvalue weighted by Crippen LogP contribution is -2.14. The highest BCUT2D eigenvalue weighted by atomic mass is 16.1. The van der Waals surface area contributed by atoms with Gasteiger partial charge in [0.25, 0.3) is 5.91 Å². The number of primary amides is 1. The van der Waals surface area contributed by atoms with Crippen LogP contribution in [0, 0.1) is 0 Å². The fraction of sp³-hybridized carbons (Fsp3) is 0.375. The van der Waals surface area contributed by atoms with Crippen molar-refractivity contribution in [2.45, 2.75) is 13.3 Å². The summed E-state index contributed by atoms with van der Waals surface area (Å²) >= 11 is 0. The number of anilines is 1. The molecular formula is C8H12N4O. The van der Waals surface area contributed by atoms with Crippen molar-refractivity contribution in [2.24, 2.45) is 5.73 Å². The van der Waals surface area contributed by atoms with E-state index in [1.54, 1.807) is 12.1 Å². The van der Waals surface area contributed by atoms with Crippen LogP contribution in [0.5, 0.6) is 0 Å². The number of nitrogens with one attached hydrogen (secondary N) is 1. The number of carbonyl (C=O) groups excluding carboxylic acids is 1. The van der Waals surface area contributed by atoms with Crippen LogP contribution in [-0.4, -0.2) is 22.6 Å². The molecule has 0 aliphatic heterocycles. The van der Waals surface area contributed by atoms with Crippen LogP contribution in [-0.2, 0) is 0 Å². The molecule has 0 aliphatic rings. The van der Waals surface area contributed by atoms with Gasteiger partial charge in [-0.25, -0.2) is 0 Å². The minimum absolute atomic E-state index is 0.182. The zero-order valence-electron chi connectivity index (χ0n) is 7.45. The van der Waals surface area contributed by atoms with Gasteiger partial charge in [0.15, 0.2) is 5.69 Å². The first-order valence-corrected chi connectivity index (χ1v) is 4.11. The fourth-order valence-corrected chi connectivity index (χ4v) is 0.811. The van der Waals surface area contributed by atoms with Gasteiger partial charge in [0.05, 0.1) is 0 Å². The molecule has 13 heavy (non-hydrogen) atoms. The Morgan fingerprint density at radius 3 is 2.77 bits per heavy atom. The van der Waals surface area contributed by atoms with Gasteiger partial charge in [0, 0.05) is 6.54 Å². The maximum absolute atomic E-state index is 10.6. The van der Waals surface area contributed by atoms with Gasteiger partial charge in [0.1, 0.15) is 5.82 Å². The summed E-state index contributed by atoms with van der Waals surface area (Å²) in [6.45, 7) is 2.89. The number of carbonyl (C=O) groups is 1. The molecule has 1 aromatic heterocycles. The average Bonchev–Trinajstić information content (AvgIpc) is 2.15. The number of amides is 1. The van der Waals surface area contributed by atoms with Crippen molar-refractivity contribution in [3.05, 3.63) is 17.8 Å². The first-order chi connectivity index (χ1) is 6.24. The van der Waals surface area contributed by atoms with Gasteiger partial charge in [-0.2, -0.15) is 0 Å². The summed E-state index contributed by atoms with van der Waals surface area (Å²) in [7, 11) is 0. The second-order valence-electron chi connectivity index (χ2n) is 2.59. The molecule has 1 aromatic rings. The van der Waals surface area contributed by atoms with Crippen LogP contribution in [0.25, 0.3) is 0 Å². The molecule has 1 heterocycles. The Morgan fingerprint density at radius 2 is 2.31 bits per heavy atom. The van der Waals surface area contributed by atoms with Gasteiger partial charge < -0.3 is 11.1 Å². The van der Waals surface area contributed by atoms with E-state index in [1.807, 2.05) is 0 Å². The molecule has 0 atom stereocenters. The van der Waals surface area contributed by atoms with Crippen molar-refractivity contribution in [2.75, 3.05) is 11.9 Å². The zero-order chi connectivity index (χ0) is 9.68. The van der Waals surface area contributed by atoms with Gasteiger partial charge in [-0.05, 0) is 18.6 Å². The quantitative estimate of drug-likeness (QED) is 0.702. The topological polar surface area (TPSA) is 80.9 Å². The Balaban J connectivity index is 2.64. The molecule has 0 saturated carbocycles. The first kappa shape index (κ1) is 9.44. The van der Waals surface area contributed by atoms with Gasteiger partial charge in [0.2, 0.25) is 0 Å². The van der Waals surface area contributed by atoms with Crippen molar-refractivity contribution in [1.29, 1.82) is 0 Å². The highest BCUT2D eigenvalue weighted by Gasteiger charge is 2.01. The Hall–Kier alpha value is -1.65. The third-order valence-electron chi connectivity index (χ3n) is 1.47. The lowest BCUT2D eigenvalue weighted by atomic mass is 10.3. The number of rotatable bonds is 4. The number of nitrogens with zero attached hydrogens (tertiary/aromatic N) is 2. The maximum Gasteiger partial charge on any atom is 0.269 e. The van der Waals surface area contributed by atoms with E-state index in [9.17, 15) is 4.79 Å². The second kappa shape index (κ2) is 4.39. The summed E-state index contributed by atoms with van der Waals surface area (Å²) in [6, 6.07) is 3.23. The summed E-state index contributed by atoms with van der Waals surface area (Å²) in [5.74, 6) is 0.0985. The Morgan fingerprint density at radius 1 is 1.54 bits per heavy atom. The van der Waals surface area contributed by atoms with Crippen LogP contribution in [0.15, 0.2) is 12.1 Å². The summed E-state index contributed by atoms with van der Waals surface area (Å²) in [5, 5.41) is 10.5. The highest BCUT2D eigenvalue weighted by molar-refractivity contribution is 5.90. The molecule has 1 amide bonds. The van der Waals surface area contributed by atoms with E-state index in [2.05, 4.69) is 22.4 Å². The smallest absolute Gasteiger partial charge is 0.269 e. The van der Waals surface area contributed by atoms with Crippen LogP contribution in [0.2, 0.25) is 0 Å². The lowest BCUT2D eigenvalue weighted by molar-refractivity contribution is 0.0994. The van der Waals surface area contributed by atoms with Gasteiger partial charge >= 0.3 is 0 Å². The SMILES string of the molecule is CCCNc1ccc(C(N)=O)nn1. The molecule has 0 saturated heterocycles. The van der Waals surface area contributed by atoms with Crippen LogP contribution in [0.3, 0.4) is 0 Å². The molecule has 0 aliphatic carbocycles. The van der Waals surface area contributed by atoms with Crippen molar-refractivity contribution < 1.29 is 4.79 Å². The molecular weight excluding hydrogens is 168 g/mol. The standard InChI is InChI=1S/C8H12N4O/c1-2-5-10-7-4-3-6(8(9)13)11-12-7/h3-4H,2,5H2,1H3,(H2,9,13)(H,10,12). The average molecular weight is 180 g/mol. The van der Waals surface area contributed by atoms with Gasteiger partial charge in [-0.1, -0.05) is 6.92 Å². The minimum atomic E-state index is -0.561. The van der Waals surface area contributed by atoms with Crippen LogP contribution >= 0.6 is 0 Å². The van der Waals surface area contributed by atoms with Gasteiger partial charge in [-0.3, -0.25) is 4.79 Å². The van der Waals surface area contributed by atoms with E-state index in [1.165, 1.54) is 0 Å². The maximum atomic E-state index is 10.6. The molecule has 0 spiro atoms. The van der Waals surface area contributed by atoms with Crippen molar-refractivity contribution >= 4 is 11.7 Å². The van der Waals surface area contributed by atoms with E-state index in [0.29, 0.717) is 5.82 Å². The molecule has 3 N–H and O–H groups in total. The van der Waals surface area contributed by atoms with Crippen LogP contribution < -0.4 is 11.1 Å². The summed E-state index contributed by atoms with van der Waals surface area (Å²) in [4.78, 5) is 10.6. The van der Waals surface area contributed by atoms with Crippen LogP contribution in [0.4, 0.5) is 5.82 Å². The van der Waals surface area contributed by atoms with E-state index in [4.69, 9.17) is 5.73 Å². The molecule has 5 heteroatoms. The normalized spacial score (nSPS) is 9.62. The van der Waals surface area contributed by atoms with Crippen molar-refractivity contribution in [3.63, 3.8) is 0 Å². The molecule has 70 valence electrons. The van der Waals surface area contributed by atoms with E-state index >= 15 is 0 Å². The summed E-state index contributed by atoms with van der Waals surface area (Å²) < 4.78 is 0. The molecule has 1 rings (SSSR count). The van der Waals surface area contributed by atoms with E-state index < -0.39 is 5.91 Å². The predicted octanol–water partition coefficient (Wildman–Crippen LogP) is 0.397. The van der Waals surface area contributed by atoms with E-state index in [-0.39, 0.29) is 5.69 Å². The molecule has 0 bridgehead atoms. The predicted molar refractivity (Wildman–Crippen MR) is 49.3 cm³/mol. The summed E-state index contributed by atoms with van der Waals surface area (Å²) in [6.07, 6.45) is 1.01. The Kier molecular flexibility index (Phi) is 3.19. The fourth-order valence-electron chi connectivity index (χ4n) is 0.811. The van der Waals surface area contributed by atoms with Gasteiger partial charge in [-0.15, -0.1) is 10.2 Å². The molecule has 0 unspecified atom stereocenters. The molecule has 0 fully saturated rings. The highest BCUT2D eigenvalue weighted by Crippen LogP contribution is 2.00. The van der Waals surface area contributed by atoms with E-state index in [0.717, 1.165) is 13.0 Å². The number of nitrogens with two attached hydrogens (primary N) is 1. The lowest BCUT2D eigenvalue weighted by Gasteiger charge is -2.01. The number of hydrogen-bond acceptors (Lipinski definition) is 4. The largest absolute Gasteiger partial charge is 0.369 e. The second-order valence-corrected chi connectivity index (χ2v) is 2.59. The Labute approximate surface area is 76.4 Å². The molecule has 5 nitrogen and oxygen atoms in total. The van der Waals surface area contributed by atoms with Crippen molar-refractivity contribution in [1.82, 2.24) is 10.2 Å². The zero-order valence-corrected chi connectivity index (χ0v) is 7.45. The number of aromatic nitrogens is 2. The molecule has 0 radical (unpaired) electrons. The van der Waals surface area contributed by atoms with Crippen molar-refractivity contribution in [3.8, 4) is 0 Å². The minimum Gasteiger partial charge on any atom is -0.369 e.